The molecule has 0 aliphatic heterocycles. The standard InChI is InChI=1S/C13H18BrNO/c1-2-10-3-4-13(16,6-10)7-11-5-12(14)9-15-8-11/h5,8-10,16H,2-4,6-7H2,1H3. The van der Waals surface area contributed by atoms with E-state index in [1.807, 2.05) is 12.3 Å². The van der Waals surface area contributed by atoms with Gasteiger partial charge in [0, 0.05) is 23.3 Å². The molecule has 1 N–H and O–H groups in total. The molecule has 1 fully saturated rings. The molecule has 0 aromatic carbocycles. The van der Waals surface area contributed by atoms with Crippen LogP contribution in [0.5, 0.6) is 0 Å². The van der Waals surface area contributed by atoms with Crippen molar-refractivity contribution in [2.75, 3.05) is 0 Å². The van der Waals surface area contributed by atoms with E-state index in [0.717, 1.165) is 35.7 Å². The molecule has 0 spiro atoms. The normalized spacial score (nSPS) is 29.6. The highest BCUT2D eigenvalue weighted by molar-refractivity contribution is 9.10. The highest BCUT2D eigenvalue weighted by atomic mass is 79.9. The number of hydrogen-bond donors (Lipinski definition) is 1. The van der Waals surface area contributed by atoms with E-state index < -0.39 is 5.60 Å². The van der Waals surface area contributed by atoms with Crippen LogP contribution < -0.4 is 0 Å². The molecule has 1 aliphatic rings. The molecule has 3 heteroatoms. The number of pyridine rings is 1. The van der Waals surface area contributed by atoms with Gasteiger partial charge in [0.2, 0.25) is 0 Å². The number of aliphatic hydroxyl groups is 1. The first-order valence-electron chi connectivity index (χ1n) is 5.93. The first-order chi connectivity index (χ1) is 7.61. The Morgan fingerprint density at radius 3 is 3.00 bits per heavy atom. The minimum absolute atomic E-state index is 0.497. The minimum Gasteiger partial charge on any atom is -0.390 e. The van der Waals surface area contributed by atoms with Crippen LogP contribution in [0.3, 0.4) is 0 Å². The van der Waals surface area contributed by atoms with Gasteiger partial charge in [0.05, 0.1) is 5.60 Å². The maximum absolute atomic E-state index is 10.5. The highest BCUT2D eigenvalue weighted by Gasteiger charge is 2.36. The summed E-state index contributed by atoms with van der Waals surface area (Å²) in [6.07, 6.45) is 8.57. The first kappa shape index (κ1) is 12.1. The van der Waals surface area contributed by atoms with E-state index in [9.17, 15) is 5.11 Å². The van der Waals surface area contributed by atoms with Gasteiger partial charge in [-0.05, 0) is 52.7 Å². The molecule has 2 atom stereocenters. The third kappa shape index (κ3) is 2.83. The SMILES string of the molecule is CCC1CCC(O)(Cc2cncc(Br)c2)C1. The van der Waals surface area contributed by atoms with Crippen molar-refractivity contribution in [1.29, 1.82) is 0 Å². The molecule has 2 unspecified atom stereocenters. The minimum atomic E-state index is -0.497. The van der Waals surface area contributed by atoms with Crippen molar-refractivity contribution in [3.8, 4) is 0 Å². The van der Waals surface area contributed by atoms with Crippen LogP contribution in [0.4, 0.5) is 0 Å². The third-order valence-corrected chi connectivity index (χ3v) is 3.99. The predicted octanol–water partition coefficient (Wildman–Crippen LogP) is 3.33. The molecule has 0 amide bonds. The Labute approximate surface area is 105 Å². The van der Waals surface area contributed by atoms with Gasteiger partial charge in [-0.25, -0.2) is 0 Å². The van der Waals surface area contributed by atoms with Crippen molar-refractivity contribution in [2.45, 2.75) is 44.6 Å². The summed E-state index contributed by atoms with van der Waals surface area (Å²) in [5.74, 6) is 0.699. The first-order valence-corrected chi connectivity index (χ1v) is 6.72. The summed E-state index contributed by atoms with van der Waals surface area (Å²) in [7, 11) is 0. The third-order valence-electron chi connectivity index (χ3n) is 3.56. The van der Waals surface area contributed by atoms with Crippen LogP contribution in [0.1, 0.15) is 38.2 Å². The number of nitrogens with zero attached hydrogens (tertiary/aromatic N) is 1. The fourth-order valence-electron chi connectivity index (χ4n) is 2.66. The van der Waals surface area contributed by atoms with Crippen molar-refractivity contribution >= 4 is 15.9 Å². The maximum Gasteiger partial charge on any atom is 0.0691 e. The molecule has 1 aromatic heterocycles. The van der Waals surface area contributed by atoms with E-state index in [1.165, 1.54) is 6.42 Å². The molecule has 88 valence electrons. The lowest BCUT2D eigenvalue weighted by molar-refractivity contribution is 0.0436. The Balaban J connectivity index is 2.04. The Morgan fingerprint density at radius 2 is 2.38 bits per heavy atom. The topological polar surface area (TPSA) is 33.1 Å². The van der Waals surface area contributed by atoms with Gasteiger partial charge in [0.15, 0.2) is 0 Å². The van der Waals surface area contributed by atoms with Crippen LogP contribution in [0.25, 0.3) is 0 Å². The highest BCUT2D eigenvalue weighted by Crippen LogP contribution is 2.38. The van der Waals surface area contributed by atoms with Gasteiger partial charge in [0.1, 0.15) is 0 Å². The van der Waals surface area contributed by atoms with Gasteiger partial charge < -0.3 is 5.11 Å². The number of hydrogen-bond acceptors (Lipinski definition) is 2. The second-order valence-electron chi connectivity index (χ2n) is 4.93. The van der Waals surface area contributed by atoms with Gasteiger partial charge in [-0.15, -0.1) is 0 Å². The average Bonchev–Trinajstić information content (AvgIpc) is 2.60. The quantitative estimate of drug-likeness (QED) is 0.923. The van der Waals surface area contributed by atoms with Crippen LogP contribution in [0.15, 0.2) is 22.9 Å². The second-order valence-corrected chi connectivity index (χ2v) is 5.85. The van der Waals surface area contributed by atoms with Crippen molar-refractivity contribution in [3.63, 3.8) is 0 Å². The molecule has 0 saturated heterocycles. The van der Waals surface area contributed by atoms with E-state index in [4.69, 9.17) is 0 Å². The number of rotatable bonds is 3. The number of halogens is 1. The van der Waals surface area contributed by atoms with Crippen LogP contribution in [0.2, 0.25) is 0 Å². The molecule has 0 bridgehead atoms. The van der Waals surface area contributed by atoms with E-state index >= 15 is 0 Å². The number of aromatic nitrogens is 1. The van der Waals surface area contributed by atoms with E-state index in [0.29, 0.717) is 5.92 Å². The summed E-state index contributed by atoms with van der Waals surface area (Å²) in [6, 6.07) is 2.05. The van der Waals surface area contributed by atoms with Crippen LogP contribution in [-0.2, 0) is 6.42 Å². The summed E-state index contributed by atoms with van der Waals surface area (Å²) in [5.41, 5.74) is 0.622. The summed E-state index contributed by atoms with van der Waals surface area (Å²) in [5, 5.41) is 10.5. The summed E-state index contributed by atoms with van der Waals surface area (Å²) in [4.78, 5) is 4.14. The Bertz CT molecular complexity index is 369. The van der Waals surface area contributed by atoms with Gasteiger partial charge >= 0.3 is 0 Å². The lowest BCUT2D eigenvalue weighted by Crippen LogP contribution is -2.27. The van der Waals surface area contributed by atoms with Crippen LogP contribution in [0, 0.1) is 5.92 Å². The van der Waals surface area contributed by atoms with Gasteiger partial charge in [-0.1, -0.05) is 13.3 Å². The molecular weight excluding hydrogens is 266 g/mol. The summed E-state index contributed by atoms with van der Waals surface area (Å²) in [6.45, 7) is 2.21. The fraction of sp³-hybridized carbons (Fsp3) is 0.615. The molecule has 1 aliphatic carbocycles. The fourth-order valence-corrected chi connectivity index (χ4v) is 3.07. The lowest BCUT2D eigenvalue weighted by atomic mass is 9.92. The molecule has 2 nitrogen and oxygen atoms in total. The summed E-state index contributed by atoms with van der Waals surface area (Å²) < 4.78 is 0.985. The lowest BCUT2D eigenvalue weighted by Gasteiger charge is -2.22. The molecule has 2 rings (SSSR count). The maximum atomic E-state index is 10.5. The second kappa shape index (κ2) is 4.84. The zero-order chi connectivity index (χ0) is 11.6. The Morgan fingerprint density at radius 1 is 1.56 bits per heavy atom. The van der Waals surface area contributed by atoms with E-state index in [-0.39, 0.29) is 0 Å². The van der Waals surface area contributed by atoms with E-state index in [2.05, 4.69) is 27.8 Å². The zero-order valence-electron chi connectivity index (χ0n) is 9.62. The van der Waals surface area contributed by atoms with Crippen molar-refractivity contribution in [3.05, 3.63) is 28.5 Å². The van der Waals surface area contributed by atoms with Crippen LogP contribution in [-0.4, -0.2) is 15.7 Å². The smallest absolute Gasteiger partial charge is 0.0691 e. The average molecular weight is 284 g/mol. The molecule has 16 heavy (non-hydrogen) atoms. The molecule has 1 saturated carbocycles. The molecule has 1 heterocycles. The van der Waals surface area contributed by atoms with Crippen molar-refractivity contribution in [2.24, 2.45) is 5.92 Å². The van der Waals surface area contributed by atoms with E-state index in [1.54, 1.807) is 6.20 Å². The molecule has 1 aromatic rings. The van der Waals surface area contributed by atoms with Crippen molar-refractivity contribution < 1.29 is 5.11 Å². The Hall–Kier alpha value is -0.410. The zero-order valence-corrected chi connectivity index (χ0v) is 11.2. The monoisotopic (exact) mass is 283 g/mol. The van der Waals surface area contributed by atoms with Gasteiger partial charge in [-0.3, -0.25) is 4.98 Å². The van der Waals surface area contributed by atoms with Gasteiger partial charge in [-0.2, -0.15) is 0 Å². The molecular formula is C13H18BrNO. The van der Waals surface area contributed by atoms with Crippen LogP contribution >= 0.6 is 15.9 Å². The Kier molecular flexibility index (Phi) is 3.65. The molecule has 0 radical (unpaired) electrons. The predicted molar refractivity (Wildman–Crippen MR) is 68.2 cm³/mol. The largest absolute Gasteiger partial charge is 0.390 e. The summed E-state index contributed by atoms with van der Waals surface area (Å²) >= 11 is 3.41. The van der Waals surface area contributed by atoms with Crippen molar-refractivity contribution in [1.82, 2.24) is 4.98 Å². The van der Waals surface area contributed by atoms with Gasteiger partial charge in [0.25, 0.3) is 0 Å².